The van der Waals surface area contributed by atoms with E-state index in [9.17, 15) is 0 Å². The third-order valence-electron chi connectivity index (χ3n) is 4.15. The molecule has 2 aromatic rings. The van der Waals surface area contributed by atoms with Gasteiger partial charge in [0, 0.05) is 20.1 Å². The van der Waals surface area contributed by atoms with Crippen LogP contribution in [0.5, 0.6) is 0 Å². The Balaban J connectivity index is 1.80. The maximum atomic E-state index is 4.78. The number of nitrogens with one attached hydrogen (secondary N) is 1. The Kier molecular flexibility index (Phi) is 3.42. The molecule has 1 aliphatic heterocycles. The van der Waals surface area contributed by atoms with E-state index >= 15 is 0 Å². The monoisotopic (exact) mass is 258 g/mol. The second kappa shape index (κ2) is 5.21. The first kappa shape index (κ1) is 12.5. The van der Waals surface area contributed by atoms with E-state index in [4.69, 9.17) is 4.98 Å². The van der Waals surface area contributed by atoms with Gasteiger partial charge in [0.1, 0.15) is 0 Å². The number of anilines is 1. The van der Waals surface area contributed by atoms with E-state index in [1.165, 1.54) is 18.4 Å². The molecule has 0 radical (unpaired) electrons. The van der Waals surface area contributed by atoms with Gasteiger partial charge in [-0.2, -0.15) is 0 Å². The summed E-state index contributed by atoms with van der Waals surface area (Å²) in [5, 5.41) is 3.29. The third-order valence-corrected chi connectivity index (χ3v) is 4.15. The van der Waals surface area contributed by atoms with Crippen LogP contribution in [0.15, 0.2) is 24.3 Å². The average molecular weight is 258 g/mol. The molecule has 1 aromatic carbocycles. The molecule has 19 heavy (non-hydrogen) atoms. The molecule has 2 heterocycles. The van der Waals surface area contributed by atoms with Gasteiger partial charge in [-0.15, -0.1) is 0 Å². The molecule has 0 unspecified atom stereocenters. The Bertz CT molecular complexity index is 552. The number of hydrogen-bond donors (Lipinski definition) is 1. The molecule has 1 fully saturated rings. The van der Waals surface area contributed by atoms with E-state index in [-0.39, 0.29) is 0 Å². The van der Waals surface area contributed by atoms with Crippen molar-refractivity contribution in [3.05, 3.63) is 24.3 Å². The maximum absolute atomic E-state index is 4.78. The van der Waals surface area contributed by atoms with Crippen molar-refractivity contribution in [3.63, 3.8) is 0 Å². The summed E-state index contributed by atoms with van der Waals surface area (Å²) in [6, 6.07) is 8.36. The minimum atomic E-state index is 0.816. The van der Waals surface area contributed by atoms with Gasteiger partial charge in [0.2, 0.25) is 5.95 Å². The zero-order valence-corrected chi connectivity index (χ0v) is 11.8. The molecule has 3 rings (SSSR count). The fourth-order valence-electron chi connectivity index (χ4n) is 3.04. The first-order valence-electron chi connectivity index (χ1n) is 7.10. The number of hydrogen-bond acceptors (Lipinski definition) is 3. The van der Waals surface area contributed by atoms with Crippen LogP contribution >= 0.6 is 0 Å². The molecule has 1 aliphatic rings. The predicted octanol–water partition coefficient (Wildman–Crippen LogP) is 2.01. The molecule has 1 aromatic heterocycles. The molecule has 0 saturated carbocycles. The minimum Gasteiger partial charge on any atom is -0.342 e. The van der Waals surface area contributed by atoms with Crippen molar-refractivity contribution in [1.82, 2.24) is 14.9 Å². The van der Waals surface area contributed by atoms with E-state index in [1.807, 2.05) is 7.05 Å². The summed E-state index contributed by atoms with van der Waals surface area (Å²) >= 11 is 0. The second-order valence-corrected chi connectivity index (χ2v) is 5.45. The van der Waals surface area contributed by atoms with Gasteiger partial charge < -0.3 is 14.8 Å². The lowest BCUT2D eigenvalue weighted by Crippen LogP contribution is -2.37. The molecule has 1 saturated heterocycles. The zero-order valence-electron chi connectivity index (χ0n) is 11.8. The lowest BCUT2D eigenvalue weighted by molar-refractivity contribution is 0.390. The van der Waals surface area contributed by atoms with Crippen LogP contribution in [0.25, 0.3) is 11.0 Å². The number of benzene rings is 1. The first-order valence-corrected chi connectivity index (χ1v) is 7.10. The Morgan fingerprint density at radius 1 is 1.26 bits per heavy atom. The molecule has 4 heteroatoms. The average Bonchev–Trinajstić information content (AvgIpc) is 2.78. The second-order valence-electron chi connectivity index (χ2n) is 5.45. The number of imidazole rings is 1. The van der Waals surface area contributed by atoms with Gasteiger partial charge in [0.15, 0.2) is 0 Å². The molecule has 0 aliphatic carbocycles. The molecule has 102 valence electrons. The van der Waals surface area contributed by atoms with Gasteiger partial charge in [0.25, 0.3) is 0 Å². The minimum absolute atomic E-state index is 0.816. The Morgan fingerprint density at radius 3 is 2.68 bits per heavy atom. The Morgan fingerprint density at radius 2 is 2.00 bits per heavy atom. The summed E-state index contributed by atoms with van der Waals surface area (Å²) in [6.07, 6.45) is 2.51. The highest BCUT2D eigenvalue weighted by Gasteiger charge is 2.22. The van der Waals surface area contributed by atoms with Gasteiger partial charge in [-0.05, 0) is 44.5 Å². The normalized spacial score (nSPS) is 17.3. The highest BCUT2D eigenvalue weighted by atomic mass is 15.3. The van der Waals surface area contributed by atoms with Crippen molar-refractivity contribution >= 4 is 17.0 Å². The summed E-state index contributed by atoms with van der Waals surface area (Å²) in [6.45, 7) is 3.36. The molecule has 0 bridgehead atoms. The summed E-state index contributed by atoms with van der Waals surface area (Å²) in [4.78, 5) is 7.20. The highest BCUT2D eigenvalue weighted by molar-refractivity contribution is 5.78. The van der Waals surface area contributed by atoms with Crippen LogP contribution in [0, 0.1) is 5.92 Å². The molecule has 0 spiro atoms. The van der Waals surface area contributed by atoms with Gasteiger partial charge in [-0.25, -0.2) is 4.98 Å². The lowest BCUT2D eigenvalue weighted by atomic mass is 9.97. The van der Waals surface area contributed by atoms with Crippen LogP contribution < -0.4 is 10.2 Å². The number of fused-ring (bicyclic) bond motifs is 1. The smallest absolute Gasteiger partial charge is 0.206 e. The number of nitrogens with zero attached hydrogens (tertiary/aromatic N) is 3. The lowest BCUT2D eigenvalue weighted by Gasteiger charge is -2.32. The fraction of sp³-hybridized carbons (Fsp3) is 0.533. The molecule has 0 atom stereocenters. The van der Waals surface area contributed by atoms with Crippen molar-refractivity contribution in [2.24, 2.45) is 13.0 Å². The molecule has 1 N–H and O–H groups in total. The number of para-hydroxylation sites is 2. The van der Waals surface area contributed by atoms with E-state index in [1.54, 1.807) is 0 Å². The van der Waals surface area contributed by atoms with Gasteiger partial charge in [0.05, 0.1) is 11.0 Å². The molecule has 0 amide bonds. The topological polar surface area (TPSA) is 33.1 Å². The Hall–Kier alpha value is -1.55. The standard InChI is InChI=1S/C15H22N4/c1-16-11-12-7-9-19(10-8-12)15-17-13-5-3-4-6-14(13)18(15)2/h3-6,12,16H,7-11H2,1-2H3. The van der Waals surface area contributed by atoms with E-state index < -0.39 is 0 Å². The zero-order chi connectivity index (χ0) is 13.2. The number of aryl methyl sites for hydroxylation is 1. The third kappa shape index (κ3) is 2.32. The van der Waals surface area contributed by atoms with E-state index in [0.717, 1.165) is 37.0 Å². The maximum Gasteiger partial charge on any atom is 0.206 e. The van der Waals surface area contributed by atoms with Gasteiger partial charge >= 0.3 is 0 Å². The quantitative estimate of drug-likeness (QED) is 0.914. The number of rotatable bonds is 3. The predicted molar refractivity (Wildman–Crippen MR) is 79.6 cm³/mol. The van der Waals surface area contributed by atoms with Crippen molar-refractivity contribution in [3.8, 4) is 0 Å². The van der Waals surface area contributed by atoms with Gasteiger partial charge in [-0.3, -0.25) is 0 Å². The fourth-order valence-corrected chi connectivity index (χ4v) is 3.04. The van der Waals surface area contributed by atoms with Crippen LogP contribution in [-0.4, -0.2) is 36.2 Å². The first-order chi connectivity index (χ1) is 9.29. The van der Waals surface area contributed by atoms with Crippen LogP contribution in [-0.2, 0) is 7.05 Å². The van der Waals surface area contributed by atoms with Gasteiger partial charge in [-0.1, -0.05) is 12.1 Å². The largest absolute Gasteiger partial charge is 0.342 e. The Labute approximate surface area is 114 Å². The number of aromatic nitrogens is 2. The van der Waals surface area contributed by atoms with Crippen LogP contribution in [0.2, 0.25) is 0 Å². The summed E-state index contributed by atoms with van der Waals surface area (Å²) in [7, 11) is 4.15. The van der Waals surface area contributed by atoms with Crippen molar-refractivity contribution in [2.75, 3.05) is 31.6 Å². The summed E-state index contributed by atoms with van der Waals surface area (Å²) in [5.41, 5.74) is 2.31. The number of piperidine rings is 1. The highest BCUT2D eigenvalue weighted by Crippen LogP contribution is 2.25. The van der Waals surface area contributed by atoms with Crippen molar-refractivity contribution in [2.45, 2.75) is 12.8 Å². The summed E-state index contributed by atoms with van der Waals surface area (Å²) in [5.74, 6) is 1.93. The SMILES string of the molecule is CNCC1CCN(c2nc3ccccc3n2C)CC1. The molecular weight excluding hydrogens is 236 g/mol. The van der Waals surface area contributed by atoms with Crippen molar-refractivity contribution in [1.29, 1.82) is 0 Å². The molecule has 4 nitrogen and oxygen atoms in total. The van der Waals surface area contributed by atoms with Crippen LogP contribution in [0.4, 0.5) is 5.95 Å². The van der Waals surface area contributed by atoms with Crippen molar-refractivity contribution < 1.29 is 0 Å². The summed E-state index contributed by atoms with van der Waals surface area (Å²) < 4.78 is 2.22. The van der Waals surface area contributed by atoms with E-state index in [0.29, 0.717) is 0 Å². The van der Waals surface area contributed by atoms with Crippen LogP contribution in [0.1, 0.15) is 12.8 Å². The van der Waals surface area contributed by atoms with E-state index in [2.05, 4.69) is 46.1 Å². The molecular formula is C15H22N4. The van der Waals surface area contributed by atoms with Crippen LogP contribution in [0.3, 0.4) is 0 Å².